The number of carbonyl (C=O) groups excluding carboxylic acids is 1. The van der Waals surface area contributed by atoms with Crippen LogP contribution in [-0.2, 0) is 27.8 Å². The second kappa shape index (κ2) is 8.89. The summed E-state index contributed by atoms with van der Waals surface area (Å²) in [4.78, 5) is 12.0. The standard InChI is InChI=1S/C22H23N3O5S/c1-22(21(27)24-28,31(2,29)30)11-12-25-20-10-9-17(13-19(20)14-23-25)6-3-16-4-7-18(15-26)8-5-16/h4-5,7-10,13-14,26,28H,11-12,15H2,1-2H3,(H,24,27). The Balaban J connectivity index is 1.81. The molecule has 0 aliphatic carbocycles. The van der Waals surface area contributed by atoms with E-state index in [9.17, 15) is 13.2 Å². The first-order valence-corrected chi connectivity index (χ1v) is 11.4. The van der Waals surface area contributed by atoms with Crippen LogP contribution in [0.3, 0.4) is 0 Å². The third kappa shape index (κ3) is 4.77. The summed E-state index contributed by atoms with van der Waals surface area (Å²) in [5, 5.41) is 23.2. The molecule has 0 saturated carbocycles. The molecule has 3 rings (SSSR count). The Morgan fingerprint density at radius 2 is 1.81 bits per heavy atom. The molecule has 8 nitrogen and oxygen atoms in total. The SMILES string of the molecule is CC(CCn1ncc2cc(C#Cc3ccc(CO)cc3)ccc21)(C(=O)NO)S(C)(=O)=O. The van der Waals surface area contributed by atoms with Gasteiger partial charge in [0.15, 0.2) is 14.6 Å². The first-order valence-electron chi connectivity index (χ1n) is 9.49. The fourth-order valence-corrected chi connectivity index (χ4v) is 3.93. The summed E-state index contributed by atoms with van der Waals surface area (Å²) >= 11 is 0. The number of hydrogen-bond donors (Lipinski definition) is 3. The Morgan fingerprint density at radius 1 is 1.16 bits per heavy atom. The first-order chi connectivity index (χ1) is 14.7. The number of aliphatic hydroxyl groups excluding tert-OH is 1. The van der Waals surface area contributed by atoms with E-state index in [1.165, 1.54) is 12.4 Å². The molecule has 3 aromatic rings. The Morgan fingerprint density at radius 3 is 2.42 bits per heavy atom. The van der Waals surface area contributed by atoms with Crippen molar-refractivity contribution in [2.75, 3.05) is 6.26 Å². The van der Waals surface area contributed by atoms with Crippen LogP contribution in [0.1, 0.15) is 30.0 Å². The number of benzene rings is 2. The number of nitrogens with zero attached hydrogens (tertiary/aromatic N) is 2. The first kappa shape index (κ1) is 22.5. The molecule has 0 spiro atoms. The van der Waals surface area contributed by atoms with E-state index in [4.69, 9.17) is 10.3 Å². The van der Waals surface area contributed by atoms with E-state index in [-0.39, 0.29) is 19.6 Å². The Bertz CT molecular complexity index is 1270. The van der Waals surface area contributed by atoms with Crippen molar-refractivity contribution in [3.8, 4) is 11.8 Å². The lowest BCUT2D eigenvalue weighted by atomic mass is 10.1. The zero-order valence-corrected chi connectivity index (χ0v) is 18.0. The number of fused-ring (bicyclic) bond motifs is 1. The number of rotatable bonds is 6. The van der Waals surface area contributed by atoms with Gasteiger partial charge in [0.05, 0.1) is 18.3 Å². The van der Waals surface area contributed by atoms with Crippen LogP contribution in [0, 0.1) is 11.8 Å². The quantitative estimate of drug-likeness (QED) is 0.304. The summed E-state index contributed by atoms with van der Waals surface area (Å²) in [6, 6.07) is 12.9. The van der Waals surface area contributed by atoms with Crippen molar-refractivity contribution < 1.29 is 23.5 Å². The molecule has 0 radical (unpaired) electrons. The molecule has 0 aliphatic rings. The molecule has 0 saturated heterocycles. The maximum absolute atomic E-state index is 12.1. The van der Waals surface area contributed by atoms with Crippen LogP contribution in [-0.4, -0.2) is 45.4 Å². The van der Waals surface area contributed by atoms with Gasteiger partial charge < -0.3 is 5.11 Å². The molecule has 1 heterocycles. The van der Waals surface area contributed by atoms with Gasteiger partial charge in [-0.1, -0.05) is 24.0 Å². The smallest absolute Gasteiger partial charge is 0.264 e. The molecule has 3 N–H and O–H groups in total. The fraction of sp³-hybridized carbons (Fsp3) is 0.273. The number of carbonyl (C=O) groups is 1. The summed E-state index contributed by atoms with van der Waals surface area (Å²) in [5.41, 5.74) is 4.66. The van der Waals surface area contributed by atoms with Gasteiger partial charge in [0.25, 0.3) is 5.91 Å². The lowest BCUT2D eigenvalue weighted by Crippen LogP contribution is -2.49. The molecule has 31 heavy (non-hydrogen) atoms. The second-order valence-electron chi connectivity index (χ2n) is 7.44. The third-order valence-electron chi connectivity index (χ3n) is 5.33. The van der Waals surface area contributed by atoms with Crippen LogP contribution in [0.5, 0.6) is 0 Å². The van der Waals surface area contributed by atoms with Crippen molar-refractivity contribution in [3.05, 3.63) is 65.4 Å². The van der Waals surface area contributed by atoms with E-state index in [1.54, 1.807) is 10.9 Å². The molecule has 1 amide bonds. The van der Waals surface area contributed by atoms with Gasteiger partial charge in [0.1, 0.15) is 0 Å². The van der Waals surface area contributed by atoms with Crippen molar-refractivity contribution in [2.45, 2.75) is 31.2 Å². The minimum Gasteiger partial charge on any atom is -0.392 e. The molecular formula is C22H23N3O5S. The number of sulfone groups is 1. The van der Waals surface area contributed by atoms with Crippen molar-refractivity contribution >= 4 is 26.6 Å². The minimum atomic E-state index is -3.77. The summed E-state index contributed by atoms with van der Waals surface area (Å²) in [5.74, 6) is 5.18. The summed E-state index contributed by atoms with van der Waals surface area (Å²) in [6.45, 7) is 1.44. The van der Waals surface area contributed by atoms with E-state index in [0.717, 1.165) is 33.8 Å². The molecule has 2 aromatic carbocycles. The van der Waals surface area contributed by atoms with Crippen LogP contribution in [0.4, 0.5) is 0 Å². The minimum absolute atomic E-state index is 0.0115. The number of aliphatic hydroxyl groups is 1. The van der Waals surface area contributed by atoms with Crippen LogP contribution < -0.4 is 5.48 Å². The number of nitrogens with one attached hydrogen (secondary N) is 1. The predicted octanol–water partition coefficient (Wildman–Crippen LogP) is 1.63. The third-order valence-corrected chi connectivity index (χ3v) is 7.36. The summed E-state index contributed by atoms with van der Waals surface area (Å²) in [7, 11) is -3.77. The topological polar surface area (TPSA) is 122 Å². The van der Waals surface area contributed by atoms with Gasteiger partial charge >= 0.3 is 0 Å². The second-order valence-corrected chi connectivity index (χ2v) is 9.89. The lowest BCUT2D eigenvalue weighted by Gasteiger charge is -2.25. The number of aromatic nitrogens is 2. The van der Waals surface area contributed by atoms with Crippen molar-refractivity contribution in [3.63, 3.8) is 0 Å². The molecular weight excluding hydrogens is 418 g/mol. The van der Waals surface area contributed by atoms with E-state index < -0.39 is 20.5 Å². The zero-order chi connectivity index (χ0) is 22.6. The van der Waals surface area contributed by atoms with Crippen molar-refractivity contribution in [1.82, 2.24) is 15.3 Å². The highest BCUT2D eigenvalue weighted by Crippen LogP contribution is 2.24. The van der Waals surface area contributed by atoms with Gasteiger partial charge in [0, 0.05) is 29.3 Å². The number of hydroxylamine groups is 1. The highest BCUT2D eigenvalue weighted by atomic mass is 32.2. The molecule has 0 bridgehead atoms. The molecule has 0 aliphatic heterocycles. The molecule has 1 aromatic heterocycles. The van der Waals surface area contributed by atoms with Gasteiger partial charge in [-0.2, -0.15) is 5.10 Å². The molecule has 162 valence electrons. The van der Waals surface area contributed by atoms with E-state index >= 15 is 0 Å². The van der Waals surface area contributed by atoms with Gasteiger partial charge in [0.2, 0.25) is 0 Å². The Labute approximate surface area is 180 Å². The van der Waals surface area contributed by atoms with E-state index in [0.29, 0.717) is 0 Å². The van der Waals surface area contributed by atoms with Crippen LogP contribution in [0.15, 0.2) is 48.7 Å². The van der Waals surface area contributed by atoms with E-state index in [1.807, 2.05) is 42.5 Å². The van der Waals surface area contributed by atoms with Crippen molar-refractivity contribution in [2.24, 2.45) is 0 Å². The predicted molar refractivity (Wildman–Crippen MR) is 116 cm³/mol. The monoisotopic (exact) mass is 441 g/mol. The molecule has 1 unspecified atom stereocenters. The highest BCUT2D eigenvalue weighted by Gasteiger charge is 2.43. The van der Waals surface area contributed by atoms with Gasteiger partial charge in [-0.3, -0.25) is 14.7 Å². The van der Waals surface area contributed by atoms with Gasteiger partial charge in [-0.25, -0.2) is 13.9 Å². The maximum Gasteiger partial charge on any atom is 0.264 e. The fourth-order valence-electron chi connectivity index (χ4n) is 3.09. The average Bonchev–Trinajstić information content (AvgIpc) is 3.17. The zero-order valence-electron chi connectivity index (χ0n) is 17.2. The average molecular weight is 442 g/mol. The number of aryl methyl sites for hydroxylation is 1. The summed E-state index contributed by atoms with van der Waals surface area (Å²) < 4.78 is 24.1. The largest absolute Gasteiger partial charge is 0.392 e. The Hall–Kier alpha value is -3.19. The number of amides is 1. The van der Waals surface area contributed by atoms with E-state index in [2.05, 4.69) is 16.9 Å². The van der Waals surface area contributed by atoms with Crippen LogP contribution in [0.2, 0.25) is 0 Å². The summed E-state index contributed by atoms with van der Waals surface area (Å²) in [6.07, 6.45) is 2.56. The normalized spacial score (nSPS) is 13.3. The Kier molecular flexibility index (Phi) is 6.45. The van der Waals surface area contributed by atoms with Crippen LogP contribution in [0.25, 0.3) is 10.9 Å². The highest BCUT2D eigenvalue weighted by molar-refractivity contribution is 7.92. The molecule has 1 atom stereocenters. The van der Waals surface area contributed by atoms with Gasteiger partial charge in [-0.05, 0) is 49.2 Å². The molecule has 9 heteroatoms. The van der Waals surface area contributed by atoms with Gasteiger partial charge in [-0.15, -0.1) is 0 Å². The molecule has 0 fully saturated rings. The number of hydrogen-bond acceptors (Lipinski definition) is 6. The maximum atomic E-state index is 12.1. The lowest BCUT2D eigenvalue weighted by molar-refractivity contribution is -0.131. The van der Waals surface area contributed by atoms with Crippen LogP contribution >= 0.6 is 0 Å². The van der Waals surface area contributed by atoms with Crippen molar-refractivity contribution in [1.29, 1.82) is 0 Å².